The Morgan fingerprint density at radius 1 is 1.04 bits per heavy atom. The summed E-state index contributed by atoms with van der Waals surface area (Å²) >= 11 is 5.94. The molecule has 0 N–H and O–H groups in total. The largest absolute Gasteiger partial charge is 0.336 e. The van der Waals surface area contributed by atoms with Crippen molar-refractivity contribution in [3.8, 4) is 0 Å². The van der Waals surface area contributed by atoms with Crippen molar-refractivity contribution in [1.82, 2.24) is 9.21 Å². The summed E-state index contributed by atoms with van der Waals surface area (Å²) in [5, 5.41) is 1.22. The lowest BCUT2D eigenvalue weighted by molar-refractivity contribution is 0.0698. The lowest BCUT2D eigenvalue weighted by Gasteiger charge is -2.33. The van der Waals surface area contributed by atoms with Crippen LogP contribution in [0.15, 0.2) is 53.9 Å². The number of rotatable bonds is 4. The number of piperazine rings is 1. The van der Waals surface area contributed by atoms with Crippen LogP contribution < -0.4 is 0 Å². The first-order valence-electron chi connectivity index (χ1n) is 8.34. The van der Waals surface area contributed by atoms with Gasteiger partial charge in [-0.1, -0.05) is 41.9 Å². The van der Waals surface area contributed by atoms with Gasteiger partial charge in [-0.3, -0.25) is 4.79 Å². The van der Waals surface area contributed by atoms with E-state index in [4.69, 9.17) is 11.6 Å². The zero-order valence-electron chi connectivity index (χ0n) is 14.4. The molecule has 5 nitrogen and oxygen atoms in total. The van der Waals surface area contributed by atoms with Crippen molar-refractivity contribution in [2.75, 3.05) is 26.2 Å². The smallest absolute Gasteiger partial charge is 0.255 e. The quantitative estimate of drug-likeness (QED) is 0.780. The molecule has 0 atom stereocenters. The topological polar surface area (TPSA) is 57.7 Å². The minimum Gasteiger partial charge on any atom is -0.336 e. The SMILES string of the molecule is O=C(c1ccc(F)cc1Cl)N1CCN(S(=O)(=O)/C=C/c2ccccc2)CC1. The molecule has 0 spiro atoms. The molecule has 1 amide bonds. The van der Waals surface area contributed by atoms with Crippen LogP contribution in [0.3, 0.4) is 0 Å². The Kier molecular flexibility index (Phi) is 5.94. The van der Waals surface area contributed by atoms with Crippen LogP contribution in [0.25, 0.3) is 6.08 Å². The van der Waals surface area contributed by atoms with Crippen LogP contribution in [0.4, 0.5) is 4.39 Å². The van der Waals surface area contributed by atoms with Crippen molar-refractivity contribution < 1.29 is 17.6 Å². The predicted molar refractivity (Wildman–Crippen MR) is 103 cm³/mol. The molecule has 0 aliphatic carbocycles. The molecule has 8 heteroatoms. The number of carbonyl (C=O) groups excluding carboxylic acids is 1. The second-order valence-electron chi connectivity index (χ2n) is 6.07. The third kappa shape index (κ3) is 4.74. The summed E-state index contributed by atoms with van der Waals surface area (Å²) in [5.74, 6) is -0.852. The van der Waals surface area contributed by atoms with Crippen LogP contribution in [0.1, 0.15) is 15.9 Å². The first kappa shape index (κ1) is 19.5. The molecular weight excluding hydrogens is 391 g/mol. The Morgan fingerprint density at radius 2 is 1.70 bits per heavy atom. The predicted octanol–water partition coefficient (Wildman–Crippen LogP) is 3.24. The fourth-order valence-corrected chi connectivity index (χ4v) is 4.22. The van der Waals surface area contributed by atoms with Crippen molar-refractivity contribution in [3.05, 3.63) is 75.9 Å². The molecule has 0 unspecified atom stereocenters. The summed E-state index contributed by atoms with van der Waals surface area (Å²) in [6.45, 7) is 0.855. The highest BCUT2D eigenvalue weighted by Crippen LogP contribution is 2.20. The molecule has 27 heavy (non-hydrogen) atoms. The number of benzene rings is 2. The average Bonchev–Trinajstić information content (AvgIpc) is 2.67. The van der Waals surface area contributed by atoms with Gasteiger partial charge in [0, 0.05) is 31.6 Å². The molecule has 2 aromatic carbocycles. The summed E-state index contributed by atoms with van der Waals surface area (Å²) in [4.78, 5) is 14.1. The number of amides is 1. The fraction of sp³-hybridized carbons (Fsp3) is 0.211. The zero-order chi connectivity index (χ0) is 19.4. The second kappa shape index (κ2) is 8.21. The summed E-state index contributed by atoms with van der Waals surface area (Å²) in [5.41, 5.74) is 0.999. The minimum absolute atomic E-state index is 0.0424. The normalized spacial score (nSPS) is 16.0. The molecule has 3 rings (SSSR count). The van der Waals surface area contributed by atoms with Crippen LogP contribution in [0.5, 0.6) is 0 Å². The first-order valence-corrected chi connectivity index (χ1v) is 10.2. The van der Waals surface area contributed by atoms with E-state index < -0.39 is 15.8 Å². The van der Waals surface area contributed by atoms with Gasteiger partial charge in [-0.25, -0.2) is 12.8 Å². The van der Waals surface area contributed by atoms with E-state index in [9.17, 15) is 17.6 Å². The van der Waals surface area contributed by atoms with E-state index in [1.807, 2.05) is 30.3 Å². The number of hydrogen-bond acceptors (Lipinski definition) is 3. The van der Waals surface area contributed by atoms with Gasteiger partial charge in [0.2, 0.25) is 10.0 Å². The molecule has 1 fully saturated rings. The summed E-state index contributed by atoms with van der Waals surface area (Å²) < 4.78 is 39.4. The second-order valence-corrected chi connectivity index (χ2v) is 8.30. The van der Waals surface area contributed by atoms with Crippen molar-refractivity contribution in [3.63, 3.8) is 0 Å². The molecular formula is C19H18ClFN2O3S. The number of halogens is 2. The maximum Gasteiger partial charge on any atom is 0.255 e. The summed E-state index contributed by atoms with van der Waals surface area (Å²) in [6, 6.07) is 12.7. The number of carbonyl (C=O) groups is 1. The highest BCUT2D eigenvalue weighted by atomic mass is 35.5. The Hall–Kier alpha value is -2.22. The Balaban J connectivity index is 1.64. The van der Waals surface area contributed by atoms with E-state index in [0.29, 0.717) is 0 Å². The Morgan fingerprint density at radius 3 is 2.33 bits per heavy atom. The van der Waals surface area contributed by atoms with Gasteiger partial charge in [0.15, 0.2) is 0 Å². The molecule has 142 valence electrons. The average molecular weight is 409 g/mol. The Labute approximate surface area is 162 Å². The lowest BCUT2D eigenvalue weighted by Crippen LogP contribution is -2.50. The summed E-state index contributed by atoms with van der Waals surface area (Å²) in [6.07, 6.45) is 1.55. The molecule has 0 bridgehead atoms. The third-order valence-corrected chi connectivity index (χ3v) is 6.16. The molecule has 2 aromatic rings. The molecule has 0 saturated carbocycles. The van der Waals surface area contributed by atoms with E-state index in [2.05, 4.69) is 0 Å². The van der Waals surface area contributed by atoms with Crippen LogP contribution in [-0.2, 0) is 10.0 Å². The van der Waals surface area contributed by atoms with Crippen LogP contribution in [0, 0.1) is 5.82 Å². The van der Waals surface area contributed by atoms with E-state index in [1.54, 1.807) is 6.08 Å². The summed E-state index contributed by atoms with van der Waals surface area (Å²) in [7, 11) is -3.57. The van der Waals surface area contributed by atoms with E-state index in [-0.39, 0.29) is 42.7 Å². The van der Waals surface area contributed by atoms with Gasteiger partial charge in [0.1, 0.15) is 5.82 Å². The molecule has 1 aliphatic heterocycles. The molecule has 1 saturated heterocycles. The highest BCUT2D eigenvalue weighted by molar-refractivity contribution is 7.92. The van der Waals surface area contributed by atoms with Gasteiger partial charge in [-0.15, -0.1) is 0 Å². The van der Waals surface area contributed by atoms with E-state index in [0.717, 1.165) is 11.6 Å². The van der Waals surface area contributed by atoms with Crippen LogP contribution >= 0.6 is 11.6 Å². The molecule has 1 aliphatic rings. The van der Waals surface area contributed by atoms with E-state index >= 15 is 0 Å². The maximum atomic E-state index is 13.1. The Bertz CT molecular complexity index is 956. The minimum atomic E-state index is -3.57. The van der Waals surface area contributed by atoms with E-state index in [1.165, 1.54) is 26.7 Å². The molecule has 1 heterocycles. The van der Waals surface area contributed by atoms with Gasteiger partial charge in [0.05, 0.1) is 10.6 Å². The van der Waals surface area contributed by atoms with Gasteiger partial charge < -0.3 is 4.90 Å². The van der Waals surface area contributed by atoms with Crippen LogP contribution in [-0.4, -0.2) is 49.7 Å². The lowest BCUT2D eigenvalue weighted by atomic mass is 10.2. The number of hydrogen-bond donors (Lipinski definition) is 0. The fourth-order valence-electron chi connectivity index (χ4n) is 2.79. The molecule has 0 radical (unpaired) electrons. The van der Waals surface area contributed by atoms with Gasteiger partial charge in [0.25, 0.3) is 5.91 Å². The van der Waals surface area contributed by atoms with Crippen molar-refractivity contribution in [2.45, 2.75) is 0 Å². The van der Waals surface area contributed by atoms with Crippen molar-refractivity contribution in [2.24, 2.45) is 0 Å². The monoisotopic (exact) mass is 408 g/mol. The van der Waals surface area contributed by atoms with Gasteiger partial charge in [-0.05, 0) is 29.8 Å². The van der Waals surface area contributed by atoms with Gasteiger partial charge in [-0.2, -0.15) is 4.31 Å². The maximum absolute atomic E-state index is 13.1. The number of nitrogens with zero attached hydrogens (tertiary/aromatic N) is 2. The standard InChI is InChI=1S/C19H18ClFN2O3S/c20-18-14-16(21)6-7-17(18)19(24)22-9-11-23(12-10-22)27(25,26)13-8-15-4-2-1-3-5-15/h1-8,13-14H,9-12H2/b13-8+. The number of sulfonamides is 1. The van der Waals surface area contributed by atoms with Crippen molar-refractivity contribution in [1.29, 1.82) is 0 Å². The third-order valence-electron chi connectivity index (χ3n) is 4.28. The van der Waals surface area contributed by atoms with Crippen LogP contribution in [0.2, 0.25) is 5.02 Å². The molecule has 0 aromatic heterocycles. The van der Waals surface area contributed by atoms with Crippen molar-refractivity contribution >= 4 is 33.6 Å². The zero-order valence-corrected chi connectivity index (χ0v) is 16.0. The highest BCUT2D eigenvalue weighted by Gasteiger charge is 2.28. The van der Waals surface area contributed by atoms with Gasteiger partial charge >= 0.3 is 0 Å². The first-order chi connectivity index (χ1) is 12.9.